The van der Waals surface area contributed by atoms with Crippen molar-refractivity contribution in [3.8, 4) is 5.75 Å². The van der Waals surface area contributed by atoms with Crippen molar-refractivity contribution in [2.45, 2.75) is 20.5 Å². The highest BCUT2D eigenvalue weighted by atomic mass is 32.2. The predicted molar refractivity (Wildman–Crippen MR) is 149 cm³/mol. The van der Waals surface area contributed by atoms with Crippen LogP contribution in [0.2, 0.25) is 0 Å². The predicted octanol–water partition coefficient (Wildman–Crippen LogP) is 5.46. The van der Waals surface area contributed by atoms with E-state index in [0.717, 1.165) is 22.9 Å². The first-order valence-corrected chi connectivity index (χ1v) is 12.5. The lowest BCUT2D eigenvalue weighted by Crippen LogP contribution is -2.26. The van der Waals surface area contributed by atoms with Gasteiger partial charge in [0.2, 0.25) is 0 Å². The molecule has 7 nitrogen and oxygen atoms in total. The van der Waals surface area contributed by atoms with Crippen molar-refractivity contribution < 1.29 is 19.1 Å². The Kier molecular flexibility index (Phi) is 6.53. The number of benzene rings is 3. The summed E-state index contributed by atoms with van der Waals surface area (Å²) in [5.74, 6) is -0.775. The standard InChI is InChI=1S/C27H21FN4O3S2/c1-14-3-6-18(9-15(14)2)32-21-10-17(13-28)4-7-19(21)24(26(32)35)31-30-20-8-5-16(11-22(20)33)12-23-25(34)29-27(36)37-23/h3-12,30,33H,13H2,1-2H3,(H,29,34,36)/b23-12-,31-24-. The fourth-order valence-electron chi connectivity index (χ4n) is 4.03. The van der Waals surface area contributed by atoms with Crippen LogP contribution in [0, 0.1) is 13.8 Å². The Balaban J connectivity index is 1.47. The summed E-state index contributed by atoms with van der Waals surface area (Å²) in [5, 5.41) is 17.4. The highest BCUT2D eigenvalue weighted by Gasteiger charge is 2.35. The Morgan fingerprint density at radius 1 is 1.11 bits per heavy atom. The van der Waals surface area contributed by atoms with E-state index in [0.29, 0.717) is 37.3 Å². The molecule has 186 valence electrons. The van der Waals surface area contributed by atoms with E-state index in [9.17, 15) is 19.1 Å². The molecule has 0 radical (unpaired) electrons. The topological polar surface area (TPSA) is 94.0 Å². The van der Waals surface area contributed by atoms with Crippen LogP contribution in [0.3, 0.4) is 0 Å². The molecule has 5 rings (SSSR count). The van der Waals surface area contributed by atoms with Gasteiger partial charge in [0.1, 0.15) is 16.7 Å². The number of alkyl halides is 1. The Bertz CT molecular complexity index is 1550. The monoisotopic (exact) mass is 532 g/mol. The van der Waals surface area contributed by atoms with Gasteiger partial charge in [0.25, 0.3) is 11.8 Å². The fourth-order valence-corrected chi connectivity index (χ4v) is 5.07. The molecule has 10 heteroatoms. The molecule has 0 saturated carbocycles. The molecule has 2 amide bonds. The zero-order valence-electron chi connectivity index (χ0n) is 19.8. The molecule has 1 saturated heterocycles. The van der Waals surface area contributed by atoms with Crippen molar-refractivity contribution in [3.63, 3.8) is 0 Å². The molecule has 0 bridgehead atoms. The number of hydrogen-bond acceptors (Lipinski definition) is 7. The number of phenols is 1. The van der Waals surface area contributed by atoms with Gasteiger partial charge < -0.3 is 10.4 Å². The summed E-state index contributed by atoms with van der Waals surface area (Å²) in [6.45, 7) is 3.29. The van der Waals surface area contributed by atoms with Crippen LogP contribution in [-0.2, 0) is 16.3 Å². The van der Waals surface area contributed by atoms with E-state index < -0.39 is 6.67 Å². The summed E-state index contributed by atoms with van der Waals surface area (Å²) in [7, 11) is 0. The maximum absolute atomic E-state index is 13.5. The van der Waals surface area contributed by atoms with Crippen LogP contribution in [0.5, 0.6) is 5.75 Å². The smallest absolute Gasteiger partial charge is 0.283 e. The minimum absolute atomic E-state index is 0.117. The van der Waals surface area contributed by atoms with Gasteiger partial charge in [-0.15, -0.1) is 0 Å². The highest BCUT2D eigenvalue weighted by molar-refractivity contribution is 8.26. The molecular weight excluding hydrogens is 511 g/mol. The van der Waals surface area contributed by atoms with Crippen molar-refractivity contribution >= 4 is 69.0 Å². The molecule has 2 heterocycles. The number of hydrazone groups is 1. The van der Waals surface area contributed by atoms with Crippen LogP contribution < -0.4 is 15.6 Å². The van der Waals surface area contributed by atoms with Crippen molar-refractivity contribution in [1.82, 2.24) is 5.32 Å². The molecule has 0 atom stereocenters. The number of thiocarbonyl (C=S) groups is 1. The SMILES string of the molecule is Cc1ccc(N2C(=O)/C(=N\Nc3ccc(/C=C4\SC(=S)NC4=O)cc3O)c3ccc(CF)cc32)cc1C. The van der Waals surface area contributed by atoms with Gasteiger partial charge in [-0.2, -0.15) is 5.10 Å². The maximum atomic E-state index is 13.5. The van der Waals surface area contributed by atoms with Crippen molar-refractivity contribution in [1.29, 1.82) is 0 Å². The number of nitrogens with one attached hydrogen (secondary N) is 2. The van der Waals surface area contributed by atoms with Crippen LogP contribution >= 0.6 is 24.0 Å². The number of thioether (sulfide) groups is 1. The van der Waals surface area contributed by atoms with E-state index >= 15 is 0 Å². The molecule has 1 fully saturated rings. The number of carbonyl (C=O) groups excluding carboxylic acids is 2. The lowest BCUT2D eigenvalue weighted by molar-refractivity contribution is -0.115. The van der Waals surface area contributed by atoms with Crippen molar-refractivity contribution in [2.24, 2.45) is 5.10 Å². The van der Waals surface area contributed by atoms with E-state index in [2.05, 4.69) is 15.8 Å². The molecule has 0 aliphatic carbocycles. The maximum Gasteiger partial charge on any atom is 0.283 e. The Morgan fingerprint density at radius 3 is 2.59 bits per heavy atom. The van der Waals surface area contributed by atoms with E-state index in [1.54, 1.807) is 36.4 Å². The average molecular weight is 533 g/mol. The number of fused-ring (bicyclic) bond motifs is 1. The molecular formula is C27H21FN4O3S2. The highest BCUT2D eigenvalue weighted by Crippen LogP contribution is 2.38. The normalized spacial score (nSPS) is 17.1. The van der Waals surface area contributed by atoms with Gasteiger partial charge >= 0.3 is 0 Å². The second kappa shape index (κ2) is 9.79. The summed E-state index contributed by atoms with van der Waals surface area (Å²) in [6, 6.07) is 15.4. The third kappa shape index (κ3) is 4.73. The molecule has 0 spiro atoms. The molecule has 3 aromatic carbocycles. The summed E-state index contributed by atoms with van der Waals surface area (Å²) >= 11 is 6.14. The number of aromatic hydroxyl groups is 1. The molecule has 0 unspecified atom stereocenters. The average Bonchev–Trinajstić information content (AvgIpc) is 3.33. The molecule has 3 aromatic rings. The zero-order valence-corrected chi connectivity index (χ0v) is 21.5. The van der Waals surface area contributed by atoms with E-state index in [1.807, 2.05) is 32.0 Å². The van der Waals surface area contributed by atoms with Gasteiger partial charge in [-0.05, 0) is 72.5 Å². The largest absolute Gasteiger partial charge is 0.506 e. The second-order valence-electron chi connectivity index (χ2n) is 8.60. The summed E-state index contributed by atoms with van der Waals surface area (Å²) in [6.07, 6.45) is 1.62. The Hall–Kier alpha value is -4.02. The van der Waals surface area contributed by atoms with E-state index in [4.69, 9.17) is 12.2 Å². The van der Waals surface area contributed by atoms with Crippen LogP contribution in [0.15, 0.2) is 64.6 Å². The molecule has 3 N–H and O–H groups in total. The van der Waals surface area contributed by atoms with Crippen LogP contribution in [-0.4, -0.2) is 27.0 Å². The molecule has 0 aromatic heterocycles. The van der Waals surface area contributed by atoms with E-state index in [1.165, 1.54) is 11.0 Å². The first kappa shape index (κ1) is 24.7. The Labute approximate surface area is 222 Å². The summed E-state index contributed by atoms with van der Waals surface area (Å²) in [4.78, 5) is 27.3. The number of carbonyl (C=O) groups is 2. The zero-order chi connectivity index (χ0) is 26.3. The molecule has 2 aliphatic heterocycles. The Morgan fingerprint density at radius 2 is 1.92 bits per heavy atom. The van der Waals surface area contributed by atoms with Gasteiger partial charge in [-0.25, -0.2) is 4.39 Å². The lowest BCUT2D eigenvalue weighted by Gasteiger charge is -2.18. The number of halogens is 1. The lowest BCUT2D eigenvalue weighted by atomic mass is 10.1. The van der Waals surface area contributed by atoms with Crippen molar-refractivity contribution in [3.05, 3.63) is 87.3 Å². The summed E-state index contributed by atoms with van der Waals surface area (Å²) < 4.78 is 13.8. The van der Waals surface area contributed by atoms with E-state index in [-0.39, 0.29) is 29.0 Å². The van der Waals surface area contributed by atoms with Crippen LogP contribution in [0.25, 0.3) is 6.08 Å². The third-order valence-electron chi connectivity index (χ3n) is 6.12. The number of phenolic OH excluding ortho intramolecular Hbond substituents is 1. The number of nitrogens with zero attached hydrogens (tertiary/aromatic N) is 2. The van der Waals surface area contributed by atoms with Gasteiger partial charge in [0.05, 0.1) is 16.3 Å². The van der Waals surface area contributed by atoms with Gasteiger partial charge in [0, 0.05) is 11.3 Å². The second-order valence-corrected chi connectivity index (χ2v) is 10.3. The summed E-state index contributed by atoms with van der Waals surface area (Å²) in [5.41, 5.74) is 8.09. The van der Waals surface area contributed by atoms with Crippen LogP contribution in [0.1, 0.15) is 27.8 Å². The quantitative estimate of drug-likeness (QED) is 0.175. The fraction of sp³-hybridized carbons (Fsp3) is 0.111. The van der Waals surface area contributed by atoms with Gasteiger partial charge in [-0.1, -0.05) is 48.2 Å². The number of amides is 2. The van der Waals surface area contributed by atoms with Crippen LogP contribution in [0.4, 0.5) is 21.5 Å². The van der Waals surface area contributed by atoms with Gasteiger partial charge in [-0.3, -0.25) is 19.9 Å². The minimum atomic E-state index is -0.657. The number of aryl methyl sites for hydroxylation is 2. The number of anilines is 3. The van der Waals surface area contributed by atoms with Crippen molar-refractivity contribution in [2.75, 3.05) is 10.3 Å². The first-order valence-electron chi connectivity index (χ1n) is 11.3. The number of hydrogen-bond donors (Lipinski definition) is 3. The first-order chi connectivity index (χ1) is 17.7. The molecule has 37 heavy (non-hydrogen) atoms. The number of rotatable bonds is 5. The van der Waals surface area contributed by atoms with Gasteiger partial charge in [0.15, 0.2) is 5.71 Å². The minimum Gasteiger partial charge on any atom is -0.506 e. The third-order valence-corrected chi connectivity index (χ3v) is 7.28. The molecule has 2 aliphatic rings.